The van der Waals surface area contributed by atoms with E-state index < -0.39 is 23.5 Å². The Morgan fingerprint density at radius 2 is 1.64 bits per heavy atom. The van der Waals surface area contributed by atoms with Crippen LogP contribution in [0, 0.1) is 29.5 Å². The summed E-state index contributed by atoms with van der Waals surface area (Å²) >= 11 is 5.18. The van der Waals surface area contributed by atoms with Crippen molar-refractivity contribution in [1.82, 2.24) is 5.32 Å². The maximum absolute atomic E-state index is 13.2. The van der Waals surface area contributed by atoms with Gasteiger partial charge in [-0.3, -0.25) is 19.5 Å². The molecule has 5 aliphatic rings. The van der Waals surface area contributed by atoms with Crippen molar-refractivity contribution in [3.05, 3.63) is 30.1 Å². The second-order valence-corrected chi connectivity index (χ2v) is 9.23. The molecule has 0 spiro atoms. The van der Waals surface area contributed by atoms with Crippen LogP contribution in [-0.4, -0.2) is 28.7 Å². The monoisotopic (exact) mass is 399 g/mol. The molecule has 28 heavy (non-hydrogen) atoms. The Balaban J connectivity index is 1.40. The van der Waals surface area contributed by atoms with Gasteiger partial charge in [-0.05, 0) is 92.8 Å². The first kappa shape index (κ1) is 17.9. The van der Waals surface area contributed by atoms with E-state index in [1.54, 1.807) is 6.21 Å². The van der Waals surface area contributed by atoms with Crippen LogP contribution in [0.5, 0.6) is 0 Å². The van der Waals surface area contributed by atoms with Crippen LogP contribution in [0.15, 0.2) is 29.3 Å². The number of nitrogens with one attached hydrogen (secondary N) is 1. The molecule has 0 unspecified atom stereocenters. The molecule has 1 aliphatic heterocycles. The molecule has 4 saturated carbocycles. The van der Waals surface area contributed by atoms with Gasteiger partial charge in [-0.2, -0.15) is 0 Å². The molecule has 5 fully saturated rings. The minimum atomic E-state index is -1.01. The molecule has 0 aromatic heterocycles. The summed E-state index contributed by atoms with van der Waals surface area (Å²) in [5.74, 6) is -0.0729. The maximum atomic E-state index is 13.2. The van der Waals surface area contributed by atoms with Crippen LogP contribution in [0.3, 0.4) is 0 Å². The van der Waals surface area contributed by atoms with Gasteiger partial charge in [0.2, 0.25) is 5.91 Å². The highest BCUT2D eigenvalue weighted by Crippen LogP contribution is 2.57. The average molecular weight is 399 g/mol. The number of hydrogen-bond acceptors (Lipinski definition) is 4. The van der Waals surface area contributed by atoms with Crippen molar-refractivity contribution in [1.29, 1.82) is 0 Å². The maximum Gasteiger partial charge on any atom is 0.251 e. The number of hydrogen-bond donors (Lipinski definition) is 1. The normalized spacial score (nSPS) is 37.0. The highest BCUT2D eigenvalue weighted by molar-refractivity contribution is 7.80. The molecule has 146 valence electrons. The third kappa shape index (κ3) is 2.96. The number of carbonyl (C=O) groups excluding carboxylic acids is 2. The van der Waals surface area contributed by atoms with Gasteiger partial charge in [-0.15, -0.1) is 0 Å². The van der Waals surface area contributed by atoms with Crippen LogP contribution in [0.25, 0.3) is 0 Å². The molecule has 7 heteroatoms. The number of thiocarbonyl (C=S) groups is 1. The Kier molecular flexibility index (Phi) is 4.12. The summed E-state index contributed by atoms with van der Waals surface area (Å²) < 4.78 is 13.2. The molecular formula is C21H22FN3O2S. The molecule has 2 amide bonds. The van der Waals surface area contributed by atoms with E-state index in [-0.39, 0.29) is 10.7 Å². The van der Waals surface area contributed by atoms with Crippen molar-refractivity contribution < 1.29 is 14.0 Å². The van der Waals surface area contributed by atoms with Gasteiger partial charge in [0, 0.05) is 6.21 Å². The Morgan fingerprint density at radius 3 is 2.21 bits per heavy atom. The Bertz CT molecular complexity index is 847. The van der Waals surface area contributed by atoms with Crippen molar-refractivity contribution >= 4 is 41.0 Å². The molecule has 5 nitrogen and oxygen atoms in total. The van der Waals surface area contributed by atoms with Gasteiger partial charge >= 0.3 is 0 Å². The molecule has 4 aliphatic carbocycles. The van der Waals surface area contributed by atoms with Gasteiger partial charge in [0.25, 0.3) is 5.91 Å². The molecule has 1 atom stereocenters. The number of amides is 2. The number of rotatable bonds is 3. The van der Waals surface area contributed by atoms with Gasteiger partial charge < -0.3 is 5.32 Å². The quantitative estimate of drug-likeness (QED) is 0.482. The van der Waals surface area contributed by atoms with E-state index in [4.69, 9.17) is 17.2 Å². The lowest BCUT2D eigenvalue weighted by molar-refractivity contribution is -0.130. The van der Waals surface area contributed by atoms with Gasteiger partial charge in [0.1, 0.15) is 5.82 Å². The topological polar surface area (TPSA) is 61.8 Å². The number of halogens is 1. The van der Waals surface area contributed by atoms with Crippen LogP contribution < -0.4 is 10.2 Å². The second kappa shape index (κ2) is 6.44. The SMILES string of the molecule is O=C1NC(=S)N(c2ccc(F)cc2)C(=O)[C@@H]1C=NC12CC3CC(CC(C3)C1)C2. The van der Waals surface area contributed by atoms with Crippen molar-refractivity contribution in [2.45, 2.75) is 44.1 Å². The van der Waals surface area contributed by atoms with Gasteiger partial charge in [0.15, 0.2) is 11.0 Å². The summed E-state index contributed by atoms with van der Waals surface area (Å²) in [5.41, 5.74) is 0.332. The molecule has 4 bridgehead atoms. The first-order valence-electron chi connectivity index (χ1n) is 9.92. The predicted molar refractivity (Wildman–Crippen MR) is 108 cm³/mol. The first-order valence-corrected chi connectivity index (χ1v) is 10.3. The molecule has 1 aromatic rings. The molecule has 1 aromatic carbocycles. The summed E-state index contributed by atoms with van der Waals surface area (Å²) in [7, 11) is 0. The zero-order chi connectivity index (χ0) is 19.5. The van der Waals surface area contributed by atoms with Gasteiger partial charge in [0.05, 0.1) is 11.2 Å². The summed E-state index contributed by atoms with van der Waals surface area (Å²) in [4.78, 5) is 31.6. The van der Waals surface area contributed by atoms with Crippen molar-refractivity contribution in [3.8, 4) is 0 Å². The zero-order valence-corrected chi connectivity index (χ0v) is 16.3. The van der Waals surface area contributed by atoms with E-state index in [1.807, 2.05) is 0 Å². The van der Waals surface area contributed by atoms with Crippen LogP contribution >= 0.6 is 12.2 Å². The third-order valence-corrected chi connectivity index (χ3v) is 7.07. The minimum absolute atomic E-state index is 0.0149. The smallest absolute Gasteiger partial charge is 0.251 e. The largest absolute Gasteiger partial charge is 0.301 e. The second-order valence-electron chi connectivity index (χ2n) is 8.84. The fraction of sp³-hybridized carbons (Fsp3) is 0.524. The molecule has 0 radical (unpaired) electrons. The average Bonchev–Trinajstić information content (AvgIpc) is 2.61. The van der Waals surface area contributed by atoms with Crippen LogP contribution in [0.4, 0.5) is 10.1 Å². The number of nitrogens with zero attached hydrogens (tertiary/aromatic N) is 2. The molecular weight excluding hydrogens is 377 g/mol. The molecule has 1 saturated heterocycles. The fourth-order valence-corrected chi connectivity index (χ4v) is 6.31. The predicted octanol–water partition coefficient (Wildman–Crippen LogP) is 3.23. The van der Waals surface area contributed by atoms with Crippen LogP contribution in [0.1, 0.15) is 38.5 Å². The number of carbonyl (C=O) groups is 2. The lowest BCUT2D eigenvalue weighted by Gasteiger charge is -2.55. The molecule has 6 rings (SSSR count). The summed E-state index contributed by atoms with van der Waals surface area (Å²) in [5, 5.41) is 2.61. The number of anilines is 1. The zero-order valence-electron chi connectivity index (χ0n) is 15.4. The highest BCUT2D eigenvalue weighted by atomic mass is 32.1. The van der Waals surface area contributed by atoms with Crippen LogP contribution in [-0.2, 0) is 9.59 Å². The van der Waals surface area contributed by atoms with E-state index in [0.717, 1.165) is 37.0 Å². The lowest BCUT2D eigenvalue weighted by atomic mass is 9.53. The van der Waals surface area contributed by atoms with Crippen molar-refractivity contribution in [2.75, 3.05) is 4.90 Å². The van der Waals surface area contributed by atoms with Crippen molar-refractivity contribution in [2.24, 2.45) is 28.7 Å². The lowest BCUT2D eigenvalue weighted by Crippen LogP contribution is -2.59. The Morgan fingerprint density at radius 1 is 1.07 bits per heavy atom. The van der Waals surface area contributed by atoms with Crippen molar-refractivity contribution in [3.63, 3.8) is 0 Å². The highest BCUT2D eigenvalue weighted by Gasteiger charge is 2.51. The molecule has 1 heterocycles. The number of benzene rings is 1. The van der Waals surface area contributed by atoms with E-state index in [1.165, 1.54) is 48.4 Å². The van der Waals surface area contributed by atoms with Gasteiger partial charge in [-0.25, -0.2) is 4.39 Å². The minimum Gasteiger partial charge on any atom is -0.301 e. The van der Waals surface area contributed by atoms with E-state index in [0.29, 0.717) is 5.69 Å². The first-order chi connectivity index (χ1) is 13.4. The Labute approximate surface area is 168 Å². The van der Waals surface area contributed by atoms with E-state index >= 15 is 0 Å². The van der Waals surface area contributed by atoms with Crippen LogP contribution in [0.2, 0.25) is 0 Å². The van der Waals surface area contributed by atoms with Gasteiger partial charge in [-0.1, -0.05) is 0 Å². The van der Waals surface area contributed by atoms with E-state index in [9.17, 15) is 14.0 Å². The number of aliphatic imine (C=N–C) groups is 1. The summed E-state index contributed by atoms with van der Waals surface area (Å²) in [6.45, 7) is 0. The summed E-state index contributed by atoms with van der Waals surface area (Å²) in [6, 6.07) is 5.48. The fourth-order valence-electron chi connectivity index (χ4n) is 6.01. The summed E-state index contributed by atoms with van der Waals surface area (Å²) in [6.07, 6.45) is 8.68. The Hall–Kier alpha value is -2.15. The third-order valence-electron chi connectivity index (χ3n) is 6.79. The van der Waals surface area contributed by atoms with E-state index in [2.05, 4.69) is 5.32 Å². The molecule has 1 N–H and O–H groups in total. The standard InChI is InChI=1S/C21H22FN3O2S/c22-15-1-3-16(4-2-15)25-19(27)17(18(26)24-20(25)28)11-23-21-8-12-5-13(9-21)7-14(6-12)10-21/h1-4,11-14,17H,5-10H2,(H,24,26,28)/t12?,13?,14?,17-,21?/m1/s1.